The van der Waals surface area contributed by atoms with Gasteiger partial charge in [-0.2, -0.15) is 5.26 Å². The third kappa shape index (κ3) is 3.94. The average Bonchev–Trinajstić information content (AvgIpc) is 3.06. The minimum Gasteiger partial charge on any atom is -0.497 e. The molecule has 0 atom stereocenters. The summed E-state index contributed by atoms with van der Waals surface area (Å²) in [6.07, 6.45) is 0. The Bertz CT molecular complexity index is 1000. The summed E-state index contributed by atoms with van der Waals surface area (Å²) in [4.78, 5) is 20.5. The van der Waals surface area contributed by atoms with Crippen LogP contribution >= 0.6 is 0 Å². The zero-order valence-corrected chi connectivity index (χ0v) is 18.3. The summed E-state index contributed by atoms with van der Waals surface area (Å²) < 4.78 is 5.23. The number of carbonyl (C=O) groups excluding carboxylic acids is 1. The number of hydrogen-bond donors (Lipinski definition) is 1. The lowest BCUT2D eigenvalue weighted by Gasteiger charge is -2.33. The predicted octanol–water partition coefficient (Wildman–Crippen LogP) is 1.29. The number of ether oxygens (including phenoxy) is 1. The van der Waals surface area contributed by atoms with Crippen LogP contribution in [0.1, 0.15) is 0 Å². The fourth-order valence-electron chi connectivity index (χ4n) is 4.42. The molecule has 31 heavy (non-hydrogen) atoms. The van der Waals surface area contributed by atoms with Crippen LogP contribution < -0.4 is 24.3 Å². The molecule has 0 spiro atoms. The normalized spacial score (nSPS) is 16.2. The largest absolute Gasteiger partial charge is 0.497 e. The summed E-state index contributed by atoms with van der Waals surface area (Å²) in [6.45, 7) is 3.80. The molecule has 2 aromatic rings. The van der Waals surface area contributed by atoms with Gasteiger partial charge in [-0.1, -0.05) is 12.1 Å². The predicted molar refractivity (Wildman–Crippen MR) is 122 cm³/mol. The fourth-order valence-corrected chi connectivity index (χ4v) is 4.42. The number of methoxy groups -OCH3 is 1. The molecule has 160 valence electrons. The molecule has 0 saturated carbocycles. The third-order valence-electron chi connectivity index (χ3n) is 6.17. The lowest BCUT2D eigenvalue weighted by atomic mass is 10.1. The van der Waals surface area contributed by atoms with Gasteiger partial charge in [-0.15, -0.1) is 0 Å². The molecular weight excluding hydrogens is 390 g/mol. The van der Waals surface area contributed by atoms with E-state index >= 15 is 0 Å². The summed E-state index contributed by atoms with van der Waals surface area (Å²) in [6, 6.07) is 18.2. The Balaban J connectivity index is 1.42. The van der Waals surface area contributed by atoms with E-state index in [1.807, 2.05) is 60.3 Å². The van der Waals surface area contributed by atoms with Gasteiger partial charge in [0.15, 0.2) is 0 Å². The van der Waals surface area contributed by atoms with Crippen LogP contribution in [0, 0.1) is 11.3 Å². The summed E-state index contributed by atoms with van der Waals surface area (Å²) in [5.41, 5.74) is 3.39. The molecule has 1 fully saturated rings. The number of Topliss-reactive ketones (excluding diaryl/α,β-unsaturated/α-hetero) is 1. The van der Waals surface area contributed by atoms with Crippen molar-refractivity contribution in [2.45, 2.75) is 0 Å². The number of quaternary nitrogens is 1. The van der Waals surface area contributed by atoms with Gasteiger partial charge >= 0.3 is 0 Å². The van der Waals surface area contributed by atoms with E-state index in [1.165, 1.54) is 4.90 Å². The number of anilines is 3. The van der Waals surface area contributed by atoms with E-state index in [2.05, 4.69) is 23.1 Å². The first-order chi connectivity index (χ1) is 15.0. The number of hydrogen-bond acceptors (Lipinski definition) is 6. The number of benzene rings is 2. The van der Waals surface area contributed by atoms with Gasteiger partial charge in [-0.25, -0.2) is 0 Å². The maximum atomic E-state index is 13.1. The lowest BCUT2D eigenvalue weighted by Crippen LogP contribution is -3.15. The molecule has 2 heterocycles. The Kier molecular flexibility index (Phi) is 5.83. The van der Waals surface area contributed by atoms with E-state index < -0.39 is 0 Å². The number of carbonyl (C=O) groups is 1. The van der Waals surface area contributed by atoms with Crippen LogP contribution in [0.25, 0.3) is 0 Å². The van der Waals surface area contributed by atoms with Gasteiger partial charge in [0.1, 0.15) is 29.8 Å². The number of nitrogens with one attached hydrogen (secondary N) is 1. The highest BCUT2D eigenvalue weighted by Crippen LogP contribution is 2.40. The zero-order chi connectivity index (χ0) is 22.0. The maximum absolute atomic E-state index is 13.1. The zero-order valence-electron chi connectivity index (χ0n) is 18.3. The van der Waals surface area contributed by atoms with Crippen LogP contribution in [0.3, 0.4) is 0 Å². The molecule has 4 rings (SSSR count). The summed E-state index contributed by atoms with van der Waals surface area (Å²) in [5, 5.41) is 9.82. The van der Waals surface area contributed by atoms with E-state index in [0.717, 1.165) is 49.0 Å². The van der Waals surface area contributed by atoms with Crippen LogP contribution in [0.15, 0.2) is 59.9 Å². The van der Waals surface area contributed by atoms with Crippen molar-refractivity contribution in [2.24, 2.45) is 0 Å². The minimum absolute atomic E-state index is 0.100. The Morgan fingerprint density at radius 3 is 2.13 bits per heavy atom. The Hall–Kier alpha value is -3.50. The van der Waals surface area contributed by atoms with Crippen molar-refractivity contribution >= 4 is 22.8 Å². The second-order valence-corrected chi connectivity index (χ2v) is 7.95. The van der Waals surface area contributed by atoms with Crippen molar-refractivity contribution in [3.05, 3.63) is 59.9 Å². The SMILES string of the molecule is COc1ccc(N2CC[NH+](CC(=O)C(C#N)=C3N(C)c4ccccc4N3C)CC2)cc1. The number of piperazine rings is 1. The second-order valence-electron chi connectivity index (χ2n) is 7.95. The first-order valence-electron chi connectivity index (χ1n) is 10.5. The maximum Gasteiger partial charge on any atom is 0.231 e. The monoisotopic (exact) mass is 418 g/mol. The quantitative estimate of drug-likeness (QED) is 0.583. The standard InChI is InChI=1S/C24H27N5O2/c1-26-21-6-4-5-7-22(21)27(2)24(26)20(16-25)23(30)17-28-12-14-29(15-13-28)18-8-10-19(31-3)11-9-18/h4-11H,12-15,17H2,1-3H3/p+1. The number of rotatable bonds is 5. The van der Waals surface area contributed by atoms with Gasteiger partial charge in [0, 0.05) is 19.8 Å². The molecule has 1 saturated heterocycles. The fraction of sp³-hybridized carbons (Fsp3) is 0.333. The van der Waals surface area contributed by atoms with Gasteiger partial charge in [0.2, 0.25) is 5.78 Å². The molecular formula is C24H28N5O2+. The molecule has 0 radical (unpaired) electrons. The van der Waals surface area contributed by atoms with Gasteiger partial charge in [-0.05, 0) is 36.4 Å². The van der Waals surface area contributed by atoms with Crippen molar-refractivity contribution in [1.82, 2.24) is 0 Å². The van der Waals surface area contributed by atoms with Gasteiger partial charge < -0.3 is 24.3 Å². The summed E-state index contributed by atoms with van der Waals surface area (Å²) in [5.74, 6) is 1.40. The van der Waals surface area contributed by atoms with E-state index in [1.54, 1.807) is 7.11 Å². The highest BCUT2D eigenvalue weighted by Gasteiger charge is 2.33. The van der Waals surface area contributed by atoms with Crippen molar-refractivity contribution in [1.29, 1.82) is 5.26 Å². The Morgan fingerprint density at radius 1 is 1.03 bits per heavy atom. The van der Waals surface area contributed by atoms with Gasteiger partial charge in [-0.3, -0.25) is 4.79 Å². The molecule has 2 aromatic carbocycles. The van der Waals surface area contributed by atoms with E-state index in [0.29, 0.717) is 12.4 Å². The second kappa shape index (κ2) is 8.70. The van der Waals surface area contributed by atoms with Crippen molar-refractivity contribution in [3.8, 4) is 11.8 Å². The molecule has 0 amide bonds. The van der Waals surface area contributed by atoms with Crippen LogP contribution in [0.4, 0.5) is 17.1 Å². The van der Waals surface area contributed by atoms with E-state index in [4.69, 9.17) is 4.74 Å². The molecule has 0 aliphatic carbocycles. The summed E-state index contributed by atoms with van der Waals surface area (Å²) >= 11 is 0. The Morgan fingerprint density at radius 2 is 1.61 bits per heavy atom. The van der Waals surface area contributed by atoms with Crippen LogP contribution in [-0.2, 0) is 4.79 Å². The molecule has 0 unspecified atom stereocenters. The molecule has 2 aliphatic heterocycles. The molecule has 2 aliphatic rings. The van der Waals surface area contributed by atoms with Crippen molar-refractivity contribution < 1.29 is 14.4 Å². The first-order valence-corrected chi connectivity index (χ1v) is 10.5. The number of ketones is 1. The van der Waals surface area contributed by atoms with Crippen LogP contribution in [0.2, 0.25) is 0 Å². The average molecular weight is 419 g/mol. The number of fused-ring (bicyclic) bond motifs is 1. The smallest absolute Gasteiger partial charge is 0.231 e. The molecule has 1 N–H and O–H groups in total. The minimum atomic E-state index is -0.100. The lowest BCUT2D eigenvalue weighted by molar-refractivity contribution is -0.892. The van der Waals surface area contributed by atoms with Crippen molar-refractivity contribution in [2.75, 3.05) is 68.6 Å². The third-order valence-corrected chi connectivity index (χ3v) is 6.17. The molecule has 7 heteroatoms. The van der Waals surface area contributed by atoms with Gasteiger partial charge in [0.25, 0.3) is 0 Å². The molecule has 0 aromatic heterocycles. The van der Waals surface area contributed by atoms with Crippen molar-refractivity contribution in [3.63, 3.8) is 0 Å². The van der Waals surface area contributed by atoms with Crippen LogP contribution in [0.5, 0.6) is 5.75 Å². The van der Waals surface area contributed by atoms with E-state index in [-0.39, 0.29) is 11.4 Å². The number of nitriles is 1. The van der Waals surface area contributed by atoms with Crippen LogP contribution in [-0.4, -0.2) is 59.7 Å². The Labute approximate surface area is 183 Å². The highest BCUT2D eigenvalue weighted by atomic mass is 16.5. The van der Waals surface area contributed by atoms with Gasteiger partial charge in [0.05, 0.1) is 44.7 Å². The number of nitrogens with zero attached hydrogens (tertiary/aromatic N) is 4. The topological polar surface area (TPSA) is 64.2 Å². The number of para-hydroxylation sites is 2. The van der Waals surface area contributed by atoms with E-state index in [9.17, 15) is 10.1 Å². The molecule has 0 bridgehead atoms. The molecule has 7 nitrogen and oxygen atoms in total. The first kappa shape index (κ1) is 20.8. The summed E-state index contributed by atoms with van der Waals surface area (Å²) in [7, 11) is 5.48. The highest BCUT2D eigenvalue weighted by molar-refractivity contribution is 6.03.